The van der Waals surface area contributed by atoms with Crippen LogP contribution in [-0.2, 0) is 9.47 Å². The van der Waals surface area contributed by atoms with E-state index < -0.39 is 5.79 Å². The number of anilines is 1. The average molecular weight is 276 g/mol. The van der Waals surface area contributed by atoms with E-state index in [4.69, 9.17) is 9.47 Å². The number of nitrogens with zero attached hydrogens (tertiary/aromatic N) is 1. The molecule has 0 bridgehead atoms. The van der Waals surface area contributed by atoms with Gasteiger partial charge in [0.15, 0.2) is 6.29 Å². The second-order valence-corrected chi connectivity index (χ2v) is 5.31. The molecule has 1 N–H and O–H groups in total. The van der Waals surface area contributed by atoms with Gasteiger partial charge in [-0.05, 0) is 25.1 Å². The molecule has 2 fully saturated rings. The average Bonchev–Trinajstić information content (AvgIpc) is 3.09. The summed E-state index contributed by atoms with van der Waals surface area (Å²) < 4.78 is 11.3. The minimum Gasteiger partial charge on any atom is -0.361 e. The molecule has 2 aliphatic heterocycles. The zero-order valence-electron chi connectivity index (χ0n) is 11.8. The van der Waals surface area contributed by atoms with Crippen molar-refractivity contribution in [2.45, 2.75) is 24.3 Å². The molecule has 20 heavy (non-hydrogen) atoms. The summed E-state index contributed by atoms with van der Waals surface area (Å²) in [5.74, 6) is -0.656. The van der Waals surface area contributed by atoms with Crippen molar-refractivity contribution in [3.8, 4) is 0 Å². The van der Waals surface area contributed by atoms with Gasteiger partial charge in [-0.25, -0.2) is 0 Å². The van der Waals surface area contributed by atoms with Crippen LogP contribution in [0.15, 0.2) is 24.3 Å². The third kappa shape index (κ3) is 1.85. The van der Waals surface area contributed by atoms with Crippen molar-refractivity contribution in [2.75, 3.05) is 32.2 Å². The number of carbonyl (C=O) groups is 1. The van der Waals surface area contributed by atoms with E-state index >= 15 is 0 Å². The van der Waals surface area contributed by atoms with Crippen molar-refractivity contribution >= 4 is 12.0 Å². The second-order valence-electron chi connectivity index (χ2n) is 5.31. The maximum Gasteiger partial charge on any atom is 0.203 e. The molecule has 0 aromatic heterocycles. The molecule has 0 saturated carbocycles. The van der Waals surface area contributed by atoms with Gasteiger partial charge in [-0.2, -0.15) is 0 Å². The molecule has 0 unspecified atom stereocenters. The summed E-state index contributed by atoms with van der Waals surface area (Å²) in [6.07, 6.45) is 1.93. The summed E-state index contributed by atoms with van der Waals surface area (Å²) >= 11 is 0. The summed E-state index contributed by atoms with van der Waals surface area (Å²) in [7, 11) is 3.35. The lowest BCUT2D eigenvalue weighted by Gasteiger charge is -2.31. The Labute approximate surface area is 118 Å². The van der Waals surface area contributed by atoms with Crippen molar-refractivity contribution in [3.63, 3.8) is 0 Å². The fourth-order valence-corrected chi connectivity index (χ4v) is 3.51. The molecule has 2 heterocycles. The summed E-state index contributed by atoms with van der Waals surface area (Å²) in [4.78, 5) is 13.5. The Bertz CT molecular complexity index is 502. The van der Waals surface area contributed by atoms with Crippen molar-refractivity contribution in [1.82, 2.24) is 5.32 Å². The molecule has 0 aliphatic carbocycles. The standard InChI is InChI=1S/C15H20N2O3/c1-19-15(20-2)10-17(13-7-8-16-14(13)15)12-6-4-3-5-11(12)9-18/h3-6,9,13-14,16H,7-8,10H2,1-2H3/t13-,14+/m1/s1. The molecule has 2 atom stereocenters. The van der Waals surface area contributed by atoms with E-state index in [0.29, 0.717) is 12.1 Å². The van der Waals surface area contributed by atoms with Crippen LogP contribution in [0.25, 0.3) is 0 Å². The smallest absolute Gasteiger partial charge is 0.203 e. The number of hydrogen-bond acceptors (Lipinski definition) is 5. The number of carbonyl (C=O) groups excluding carboxylic acids is 1. The van der Waals surface area contributed by atoms with Crippen molar-refractivity contribution in [2.24, 2.45) is 0 Å². The lowest BCUT2D eigenvalue weighted by atomic mass is 10.1. The largest absolute Gasteiger partial charge is 0.361 e. The second kappa shape index (κ2) is 5.16. The van der Waals surface area contributed by atoms with Crippen LogP contribution in [0.2, 0.25) is 0 Å². The van der Waals surface area contributed by atoms with Crippen LogP contribution in [0.4, 0.5) is 5.69 Å². The maximum atomic E-state index is 11.3. The highest BCUT2D eigenvalue weighted by atomic mass is 16.7. The summed E-state index contributed by atoms with van der Waals surface area (Å²) in [5.41, 5.74) is 1.67. The minimum absolute atomic E-state index is 0.122. The van der Waals surface area contributed by atoms with Crippen LogP contribution < -0.4 is 10.2 Å². The Morgan fingerprint density at radius 2 is 2.10 bits per heavy atom. The lowest BCUT2D eigenvalue weighted by Crippen LogP contribution is -2.51. The van der Waals surface area contributed by atoms with E-state index in [-0.39, 0.29) is 12.1 Å². The number of aldehydes is 1. The van der Waals surface area contributed by atoms with Gasteiger partial charge in [-0.15, -0.1) is 0 Å². The Balaban J connectivity index is 2.00. The van der Waals surface area contributed by atoms with E-state index in [1.54, 1.807) is 14.2 Å². The number of hydrogen-bond donors (Lipinski definition) is 1. The van der Waals surface area contributed by atoms with Gasteiger partial charge >= 0.3 is 0 Å². The van der Waals surface area contributed by atoms with E-state index in [1.807, 2.05) is 24.3 Å². The number of rotatable bonds is 4. The first-order valence-electron chi connectivity index (χ1n) is 6.90. The molecular formula is C15H20N2O3. The zero-order chi connectivity index (χ0) is 14.2. The number of benzene rings is 1. The molecule has 0 spiro atoms. The lowest BCUT2D eigenvalue weighted by molar-refractivity contribution is -0.202. The first-order valence-corrected chi connectivity index (χ1v) is 6.90. The maximum absolute atomic E-state index is 11.3. The molecule has 1 aromatic rings. The van der Waals surface area contributed by atoms with Crippen LogP contribution in [0.1, 0.15) is 16.8 Å². The molecular weight excluding hydrogens is 256 g/mol. The summed E-state index contributed by atoms with van der Waals surface area (Å²) in [6, 6.07) is 8.08. The summed E-state index contributed by atoms with van der Waals surface area (Å²) in [6.45, 7) is 1.55. The monoisotopic (exact) mass is 276 g/mol. The van der Waals surface area contributed by atoms with Crippen LogP contribution in [0.5, 0.6) is 0 Å². The predicted octanol–water partition coefficient (Wildman–Crippen LogP) is 1.04. The van der Waals surface area contributed by atoms with Gasteiger partial charge in [0.1, 0.15) is 0 Å². The van der Waals surface area contributed by atoms with Crippen LogP contribution in [0, 0.1) is 0 Å². The number of nitrogens with one attached hydrogen (secondary N) is 1. The van der Waals surface area contributed by atoms with E-state index in [0.717, 1.165) is 24.9 Å². The molecule has 3 rings (SSSR count). The fourth-order valence-electron chi connectivity index (χ4n) is 3.51. The molecule has 5 nitrogen and oxygen atoms in total. The number of methoxy groups -OCH3 is 2. The number of ether oxygens (including phenoxy) is 2. The van der Waals surface area contributed by atoms with Gasteiger partial charge < -0.3 is 19.7 Å². The summed E-state index contributed by atoms with van der Waals surface area (Å²) in [5, 5.41) is 3.47. The quantitative estimate of drug-likeness (QED) is 0.658. The van der Waals surface area contributed by atoms with Gasteiger partial charge in [-0.1, -0.05) is 12.1 Å². The molecule has 0 amide bonds. The molecule has 2 saturated heterocycles. The Morgan fingerprint density at radius 1 is 1.35 bits per heavy atom. The van der Waals surface area contributed by atoms with Gasteiger partial charge in [0.05, 0.1) is 18.6 Å². The Morgan fingerprint density at radius 3 is 2.80 bits per heavy atom. The van der Waals surface area contributed by atoms with Gasteiger partial charge in [0.2, 0.25) is 5.79 Å². The van der Waals surface area contributed by atoms with Crippen molar-refractivity contribution in [1.29, 1.82) is 0 Å². The Kier molecular flexibility index (Phi) is 3.50. The molecule has 2 aliphatic rings. The normalized spacial score (nSPS) is 27.6. The van der Waals surface area contributed by atoms with Gasteiger partial charge in [0.25, 0.3) is 0 Å². The highest BCUT2D eigenvalue weighted by Gasteiger charge is 2.56. The molecule has 0 radical (unpaired) electrons. The van der Waals surface area contributed by atoms with Crippen molar-refractivity contribution in [3.05, 3.63) is 29.8 Å². The number of para-hydroxylation sites is 1. The fraction of sp³-hybridized carbons (Fsp3) is 0.533. The number of fused-ring (bicyclic) bond motifs is 1. The van der Waals surface area contributed by atoms with Gasteiger partial charge in [-0.3, -0.25) is 4.79 Å². The van der Waals surface area contributed by atoms with Crippen molar-refractivity contribution < 1.29 is 14.3 Å². The van der Waals surface area contributed by atoms with Gasteiger partial charge in [0, 0.05) is 25.5 Å². The SMILES string of the molecule is COC1(OC)CN(c2ccccc2C=O)[C@@H]2CCN[C@@H]21. The third-order valence-corrected chi connectivity index (χ3v) is 4.52. The van der Waals surface area contributed by atoms with Crippen LogP contribution in [0.3, 0.4) is 0 Å². The van der Waals surface area contributed by atoms with Crippen LogP contribution in [-0.4, -0.2) is 51.5 Å². The van der Waals surface area contributed by atoms with E-state index in [1.165, 1.54) is 0 Å². The minimum atomic E-state index is -0.656. The molecule has 1 aromatic carbocycles. The first-order chi connectivity index (χ1) is 9.75. The molecule has 5 heteroatoms. The first kappa shape index (κ1) is 13.5. The predicted molar refractivity (Wildman–Crippen MR) is 76.1 cm³/mol. The highest BCUT2D eigenvalue weighted by molar-refractivity contribution is 5.85. The molecule has 108 valence electrons. The third-order valence-electron chi connectivity index (χ3n) is 4.52. The van der Waals surface area contributed by atoms with E-state index in [9.17, 15) is 4.79 Å². The van der Waals surface area contributed by atoms with Crippen LogP contribution >= 0.6 is 0 Å². The van der Waals surface area contributed by atoms with E-state index in [2.05, 4.69) is 10.2 Å². The highest BCUT2D eigenvalue weighted by Crippen LogP contribution is 2.39. The topological polar surface area (TPSA) is 50.8 Å². The Hall–Kier alpha value is -1.43. The zero-order valence-corrected chi connectivity index (χ0v) is 11.8.